The third-order valence-corrected chi connectivity index (χ3v) is 5.49. The number of benzene rings is 2. The van der Waals surface area contributed by atoms with E-state index in [9.17, 15) is 0 Å². The van der Waals surface area contributed by atoms with Crippen LogP contribution in [0, 0.1) is 6.92 Å². The van der Waals surface area contributed by atoms with Crippen LogP contribution in [0.2, 0.25) is 5.02 Å². The van der Waals surface area contributed by atoms with Crippen molar-refractivity contribution in [2.24, 2.45) is 0 Å². The molecule has 4 rings (SSSR count). The molecule has 0 unspecified atom stereocenters. The fourth-order valence-corrected chi connectivity index (χ4v) is 3.89. The summed E-state index contributed by atoms with van der Waals surface area (Å²) in [5.74, 6) is 2.34. The van der Waals surface area contributed by atoms with Crippen molar-refractivity contribution in [3.63, 3.8) is 0 Å². The van der Waals surface area contributed by atoms with Gasteiger partial charge in [-0.05, 0) is 55.2 Å². The van der Waals surface area contributed by atoms with Crippen LogP contribution in [0.3, 0.4) is 0 Å². The van der Waals surface area contributed by atoms with Crippen molar-refractivity contribution in [3.05, 3.63) is 59.1 Å². The van der Waals surface area contributed by atoms with Crippen molar-refractivity contribution in [2.45, 2.75) is 20.3 Å². The summed E-state index contributed by atoms with van der Waals surface area (Å²) in [6.07, 6.45) is 3.80. The first-order valence-electron chi connectivity index (χ1n) is 10.1. The Kier molecular flexibility index (Phi) is 6.23. The van der Waals surface area contributed by atoms with Crippen molar-refractivity contribution >= 4 is 28.6 Å². The molecule has 0 atom stereocenters. The average Bonchev–Trinajstić information content (AvgIpc) is 3.26. The van der Waals surface area contributed by atoms with E-state index in [4.69, 9.17) is 21.1 Å². The Hall–Kier alpha value is -3.32. The Balaban J connectivity index is 1.64. The summed E-state index contributed by atoms with van der Waals surface area (Å²) in [5, 5.41) is 4.05. The number of aromatic nitrogens is 4. The second kappa shape index (κ2) is 9.22. The monoisotopic (exact) mass is 437 g/mol. The SMILES string of the molecule is CCOc1cccc(-c2c(C)c(Cl)cc(CCNc3ncnc4nc[nH]c34)c2OC)c1. The molecule has 4 aromatic rings. The molecule has 0 spiro atoms. The minimum atomic E-state index is 0.610. The molecule has 0 saturated heterocycles. The molecular weight excluding hydrogens is 414 g/mol. The minimum Gasteiger partial charge on any atom is -0.496 e. The highest BCUT2D eigenvalue weighted by molar-refractivity contribution is 6.32. The number of nitrogens with zero attached hydrogens (tertiary/aromatic N) is 3. The van der Waals surface area contributed by atoms with Gasteiger partial charge in [0.1, 0.15) is 23.3 Å². The number of fused-ring (bicyclic) bond motifs is 1. The molecule has 0 bridgehead atoms. The molecule has 8 heteroatoms. The van der Waals surface area contributed by atoms with E-state index in [1.807, 2.05) is 44.2 Å². The van der Waals surface area contributed by atoms with E-state index >= 15 is 0 Å². The second-order valence-corrected chi connectivity index (χ2v) is 7.42. The Morgan fingerprint density at radius 2 is 2.03 bits per heavy atom. The topological polar surface area (TPSA) is 85.0 Å². The number of rotatable bonds is 8. The first-order chi connectivity index (χ1) is 15.1. The van der Waals surface area contributed by atoms with Crippen LogP contribution in [-0.2, 0) is 6.42 Å². The van der Waals surface area contributed by atoms with Crippen molar-refractivity contribution in [1.82, 2.24) is 19.9 Å². The van der Waals surface area contributed by atoms with Gasteiger partial charge in [-0.2, -0.15) is 0 Å². The number of ether oxygens (including phenoxy) is 2. The highest BCUT2D eigenvalue weighted by atomic mass is 35.5. The summed E-state index contributed by atoms with van der Waals surface area (Å²) in [6.45, 7) is 5.22. The van der Waals surface area contributed by atoms with Crippen LogP contribution in [0.5, 0.6) is 11.5 Å². The van der Waals surface area contributed by atoms with E-state index in [1.165, 1.54) is 6.33 Å². The zero-order chi connectivity index (χ0) is 21.8. The van der Waals surface area contributed by atoms with Crippen molar-refractivity contribution in [2.75, 3.05) is 25.6 Å². The van der Waals surface area contributed by atoms with E-state index in [-0.39, 0.29) is 0 Å². The van der Waals surface area contributed by atoms with E-state index in [1.54, 1.807) is 13.4 Å². The lowest BCUT2D eigenvalue weighted by atomic mass is 9.95. The van der Waals surface area contributed by atoms with Gasteiger partial charge in [0.2, 0.25) is 0 Å². The molecule has 2 heterocycles. The van der Waals surface area contributed by atoms with E-state index < -0.39 is 0 Å². The number of hydrogen-bond donors (Lipinski definition) is 2. The molecule has 2 aromatic heterocycles. The van der Waals surface area contributed by atoms with Crippen LogP contribution >= 0.6 is 11.6 Å². The predicted octanol–water partition coefficient (Wildman–Crippen LogP) is 5.04. The maximum Gasteiger partial charge on any atom is 0.182 e. The molecule has 0 amide bonds. The van der Waals surface area contributed by atoms with Crippen molar-refractivity contribution < 1.29 is 9.47 Å². The summed E-state index contributed by atoms with van der Waals surface area (Å²) in [7, 11) is 1.69. The van der Waals surface area contributed by atoms with Crippen LogP contribution in [0.1, 0.15) is 18.1 Å². The van der Waals surface area contributed by atoms with Gasteiger partial charge in [0.05, 0.1) is 20.0 Å². The van der Waals surface area contributed by atoms with Gasteiger partial charge in [0, 0.05) is 17.1 Å². The number of nitrogens with one attached hydrogen (secondary N) is 2. The molecule has 0 radical (unpaired) electrons. The normalized spacial score (nSPS) is 11.0. The summed E-state index contributed by atoms with van der Waals surface area (Å²) >= 11 is 6.62. The fraction of sp³-hybridized carbons (Fsp3) is 0.261. The maximum absolute atomic E-state index is 6.62. The van der Waals surface area contributed by atoms with Gasteiger partial charge in [0.15, 0.2) is 11.5 Å². The smallest absolute Gasteiger partial charge is 0.182 e. The summed E-state index contributed by atoms with van der Waals surface area (Å²) < 4.78 is 11.5. The Bertz CT molecular complexity index is 1210. The molecule has 2 N–H and O–H groups in total. The molecule has 0 aliphatic rings. The zero-order valence-electron chi connectivity index (χ0n) is 17.7. The van der Waals surface area contributed by atoms with E-state index in [0.717, 1.165) is 39.3 Å². The van der Waals surface area contributed by atoms with Crippen LogP contribution in [-0.4, -0.2) is 40.2 Å². The highest BCUT2D eigenvalue weighted by Gasteiger charge is 2.18. The maximum atomic E-state index is 6.62. The predicted molar refractivity (Wildman–Crippen MR) is 123 cm³/mol. The third-order valence-electron chi connectivity index (χ3n) is 5.10. The number of halogens is 1. The van der Waals surface area contributed by atoms with E-state index in [0.29, 0.717) is 36.1 Å². The van der Waals surface area contributed by atoms with Crippen LogP contribution in [0.25, 0.3) is 22.3 Å². The number of hydrogen-bond acceptors (Lipinski definition) is 6. The highest BCUT2D eigenvalue weighted by Crippen LogP contribution is 2.41. The molecule has 31 heavy (non-hydrogen) atoms. The van der Waals surface area contributed by atoms with Gasteiger partial charge < -0.3 is 19.8 Å². The van der Waals surface area contributed by atoms with E-state index in [2.05, 4.69) is 25.3 Å². The van der Waals surface area contributed by atoms with Gasteiger partial charge in [-0.15, -0.1) is 0 Å². The average molecular weight is 438 g/mol. The van der Waals surface area contributed by atoms with Crippen LogP contribution in [0.4, 0.5) is 5.82 Å². The van der Waals surface area contributed by atoms with Crippen molar-refractivity contribution in [1.29, 1.82) is 0 Å². The van der Waals surface area contributed by atoms with Gasteiger partial charge in [0.25, 0.3) is 0 Å². The molecule has 0 saturated carbocycles. The quantitative estimate of drug-likeness (QED) is 0.401. The minimum absolute atomic E-state index is 0.610. The lowest BCUT2D eigenvalue weighted by Gasteiger charge is -2.19. The van der Waals surface area contributed by atoms with Crippen LogP contribution in [0.15, 0.2) is 43.0 Å². The lowest BCUT2D eigenvalue weighted by Crippen LogP contribution is -2.09. The first-order valence-corrected chi connectivity index (χ1v) is 10.5. The van der Waals surface area contributed by atoms with Gasteiger partial charge in [-0.1, -0.05) is 23.7 Å². The number of H-pyrrole nitrogens is 1. The molecule has 160 valence electrons. The Morgan fingerprint density at radius 1 is 1.16 bits per heavy atom. The van der Waals surface area contributed by atoms with Gasteiger partial charge in [-0.25, -0.2) is 15.0 Å². The lowest BCUT2D eigenvalue weighted by molar-refractivity contribution is 0.340. The number of imidazole rings is 1. The fourth-order valence-electron chi connectivity index (χ4n) is 3.67. The van der Waals surface area contributed by atoms with Crippen LogP contribution < -0.4 is 14.8 Å². The van der Waals surface area contributed by atoms with Gasteiger partial charge >= 0.3 is 0 Å². The summed E-state index contributed by atoms with van der Waals surface area (Å²) in [4.78, 5) is 15.7. The molecule has 7 nitrogen and oxygen atoms in total. The third kappa shape index (κ3) is 4.27. The molecule has 2 aromatic carbocycles. The number of anilines is 1. The summed E-state index contributed by atoms with van der Waals surface area (Å²) in [5.41, 5.74) is 5.38. The molecule has 0 fully saturated rings. The summed E-state index contributed by atoms with van der Waals surface area (Å²) in [6, 6.07) is 9.96. The van der Waals surface area contributed by atoms with Crippen molar-refractivity contribution in [3.8, 4) is 22.6 Å². The Morgan fingerprint density at radius 3 is 2.84 bits per heavy atom. The second-order valence-electron chi connectivity index (χ2n) is 7.01. The Labute approximate surface area is 185 Å². The number of methoxy groups -OCH3 is 1. The number of aromatic amines is 1. The molecular formula is C23H24ClN5O2. The molecule has 0 aliphatic carbocycles. The molecule has 0 aliphatic heterocycles. The largest absolute Gasteiger partial charge is 0.496 e. The standard InChI is InChI=1S/C23H24ClN5O2/c1-4-31-17-7-5-6-15(10-17)19-14(2)18(24)11-16(21(19)30-3)8-9-25-22-20-23(27-12-26-20)29-13-28-22/h5-7,10-13H,4,8-9H2,1-3H3,(H2,25,26,27,28,29). The zero-order valence-corrected chi connectivity index (χ0v) is 18.5. The van der Waals surface area contributed by atoms with Gasteiger partial charge in [-0.3, -0.25) is 0 Å². The first kappa shape index (κ1) is 20.9.